The zero-order valence-electron chi connectivity index (χ0n) is 10.6. The molecule has 1 aliphatic heterocycles. The first-order valence-corrected chi connectivity index (χ1v) is 6.61. The Labute approximate surface area is 110 Å². The molecule has 1 aliphatic carbocycles. The van der Waals surface area contributed by atoms with Crippen molar-refractivity contribution in [3.63, 3.8) is 0 Å². The fraction of sp³-hybridized carbons (Fsp3) is 0.571. The Morgan fingerprint density at radius 2 is 1.79 bits per heavy atom. The average Bonchev–Trinajstić information content (AvgIpc) is 2.85. The second-order valence-electron chi connectivity index (χ2n) is 5.26. The number of fused-ring (bicyclic) bond motifs is 1. The predicted octanol–water partition coefficient (Wildman–Crippen LogP) is 3.12. The van der Waals surface area contributed by atoms with Crippen LogP contribution in [0.3, 0.4) is 0 Å². The molecule has 1 fully saturated rings. The summed E-state index contributed by atoms with van der Waals surface area (Å²) >= 11 is 0. The highest BCUT2D eigenvalue weighted by Crippen LogP contribution is 2.46. The summed E-state index contributed by atoms with van der Waals surface area (Å²) < 4.78 is 37.0. The lowest BCUT2D eigenvalue weighted by Crippen LogP contribution is -2.34. The van der Waals surface area contributed by atoms with Gasteiger partial charge in [-0.15, -0.1) is 0 Å². The SMILES string of the molecule is NC1(c2cc(C(F)F)cc3c2OCCO3)CCCC1. The van der Waals surface area contributed by atoms with Gasteiger partial charge in [-0.3, -0.25) is 0 Å². The summed E-state index contributed by atoms with van der Waals surface area (Å²) in [5.41, 5.74) is 6.47. The van der Waals surface area contributed by atoms with E-state index < -0.39 is 12.0 Å². The first-order valence-electron chi connectivity index (χ1n) is 6.61. The maximum atomic E-state index is 13.0. The Morgan fingerprint density at radius 3 is 2.47 bits per heavy atom. The molecule has 1 aromatic carbocycles. The zero-order chi connectivity index (χ0) is 13.5. The van der Waals surface area contributed by atoms with Gasteiger partial charge in [0.25, 0.3) is 6.43 Å². The van der Waals surface area contributed by atoms with Crippen molar-refractivity contribution in [1.82, 2.24) is 0 Å². The molecule has 0 spiro atoms. The van der Waals surface area contributed by atoms with E-state index in [2.05, 4.69) is 0 Å². The molecule has 5 heteroatoms. The van der Waals surface area contributed by atoms with Crippen LogP contribution in [0.2, 0.25) is 0 Å². The number of ether oxygens (including phenoxy) is 2. The lowest BCUT2D eigenvalue weighted by Gasteiger charge is -2.30. The van der Waals surface area contributed by atoms with Gasteiger partial charge in [0.2, 0.25) is 0 Å². The highest BCUT2D eigenvalue weighted by molar-refractivity contribution is 5.53. The normalized spacial score (nSPS) is 20.8. The number of rotatable bonds is 2. The van der Waals surface area contributed by atoms with E-state index in [1.54, 1.807) is 0 Å². The summed E-state index contributed by atoms with van der Waals surface area (Å²) in [7, 11) is 0. The molecule has 0 radical (unpaired) electrons. The molecule has 1 aromatic rings. The maximum Gasteiger partial charge on any atom is 0.263 e. The van der Waals surface area contributed by atoms with E-state index in [9.17, 15) is 8.78 Å². The van der Waals surface area contributed by atoms with Crippen molar-refractivity contribution >= 4 is 0 Å². The average molecular weight is 269 g/mol. The summed E-state index contributed by atoms with van der Waals surface area (Å²) in [6.07, 6.45) is 1.11. The Kier molecular flexibility index (Phi) is 3.09. The van der Waals surface area contributed by atoms with Crippen LogP contribution in [-0.4, -0.2) is 13.2 Å². The second kappa shape index (κ2) is 4.63. The van der Waals surface area contributed by atoms with Crippen LogP contribution >= 0.6 is 0 Å². The number of hydrogen-bond acceptors (Lipinski definition) is 3. The lowest BCUT2D eigenvalue weighted by atomic mass is 9.87. The van der Waals surface area contributed by atoms with E-state index in [1.165, 1.54) is 12.1 Å². The lowest BCUT2D eigenvalue weighted by molar-refractivity contribution is 0.145. The van der Waals surface area contributed by atoms with Gasteiger partial charge in [0, 0.05) is 16.7 Å². The van der Waals surface area contributed by atoms with Crippen LogP contribution in [0.4, 0.5) is 8.78 Å². The van der Waals surface area contributed by atoms with Gasteiger partial charge < -0.3 is 15.2 Å². The molecule has 0 unspecified atom stereocenters. The van der Waals surface area contributed by atoms with Gasteiger partial charge in [-0.1, -0.05) is 12.8 Å². The molecule has 2 N–H and O–H groups in total. The smallest absolute Gasteiger partial charge is 0.263 e. The van der Waals surface area contributed by atoms with Crippen LogP contribution in [0.5, 0.6) is 11.5 Å². The summed E-state index contributed by atoms with van der Waals surface area (Å²) in [5.74, 6) is 0.954. The van der Waals surface area contributed by atoms with Crippen molar-refractivity contribution in [2.45, 2.75) is 37.6 Å². The standard InChI is InChI=1S/C14H17F2NO2/c15-13(16)9-7-10(14(17)3-1-2-4-14)12-11(8-9)18-5-6-19-12/h7-8,13H,1-6,17H2. The quantitative estimate of drug-likeness (QED) is 0.897. The molecule has 0 saturated heterocycles. The number of hydrogen-bond donors (Lipinski definition) is 1. The van der Waals surface area contributed by atoms with Crippen LogP contribution in [0.25, 0.3) is 0 Å². The molecule has 0 amide bonds. The first-order chi connectivity index (χ1) is 9.10. The van der Waals surface area contributed by atoms with E-state index in [1.807, 2.05) is 0 Å². The van der Waals surface area contributed by atoms with Crippen molar-refractivity contribution in [2.24, 2.45) is 5.73 Å². The van der Waals surface area contributed by atoms with E-state index in [-0.39, 0.29) is 5.56 Å². The van der Waals surface area contributed by atoms with E-state index in [0.29, 0.717) is 30.3 Å². The molecule has 3 rings (SSSR count). The predicted molar refractivity (Wildman–Crippen MR) is 66.7 cm³/mol. The topological polar surface area (TPSA) is 44.5 Å². The minimum atomic E-state index is -2.53. The molecule has 19 heavy (non-hydrogen) atoms. The van der Waals surface area contributed by atoms with Crippen LogP contribution in [0.15, 0.2) is 12.1 Å². The van der Waals surface area contributed by atoms with E-state index in [0.717, 1.165) is 25.7 Å². The van der Waals surface area contributed by atoms with E-state index in [4.69, 9.17) is 15.2 Å². The van der Waals surface area contributed by atoms with Gasteiger partial charge in [-0.25, -0.2) is 8.78 Å². The van der Waals surface area contributed by atoms with Crippen molar-refractivity contribution in [3.8, 4) is 11.5 Å². The molecule has 1 heterocycles. The third-order valence-corrected chi connectivity index (χ3v) is 3.95. The first kappa shape index (κ1) is 12.7. The number of halogens is 2. The molecule has 0 atom stereocenters. The molecule has 104 valence electrons. The van der Waals surface area contributed by atoms with E-state index >= 15 is 0 Å². The minimum Gasteiger partial charge on any atom is -0.486 e. The highest BCUT2D eigenvalue weighted by atomic mass is 19.3. The maximum absolute atomic E-state index is 13.0. The fourth-order valence-electron chi connectivity index (χ4n) is 2.95. The van der Waals surface area contributed by atoms with Crippen molar-refractivity contribution in [3.05, 3.63) is 23.3 Å². The van der Waals surface area contributed by atoms with Gasteiger partial charge in [0.1, 0.15) is 13.2 Å². The Hall–Kier alpha value is -1.36. The van der Waals surface area contributed by atoms with Gasteiger partial charge in [0.05, 0.1) is 0 Å². The second-order valence-corrected chi connectivity index (χ2v) is 5.26. The number of alkyl halides is 2. The third-order valence-electron chi connectivity index (χ3n) is 3.95. The molecule has 0 aromatic heterocycles. The highest BCUT2D eigenvalue weighted by Gasteiger charge is 2.36. The van der Waals surface area contributed by atoms with Crippen LogP contribution in [-0.2, 0) is 5.54 Å². The molecule has 0 bridgehead atoms. The van der Waals surface area contributed by atoms with Gasteiger partial charge in [-0.05, 0) is 25.0 Å². The van der Waals surface area contributed by atoms with Crippen molar-refractivity contribution in [1.29, 1.82) is 0 Å². The van der Waals surface area contributed by atoms with Gasteiger partial charge >= 0.3 is 0 Å². The Morgan fingerprint density at radius 1 is 1.11 bits per heavy atom. The van der Waals surface area contributed by atoms with Crippen LogP contribution < -0.4 is 15.2 Å². The molecule has 2 aliphatic rings. The van der Waals surface area contributed by atoms with Crippen molar-refractivity contribution in [2.75, 3.05) is 13.2 Å². The van der Waals surface area contributed by atoms with Crippen molar-refractivity contribution < 1.29 is 18.3 Å². The minimum absolute atomic E-state index is 0.0454. The van der Waals surface area contributed by atoms with Crippen LogP contribution in [0.1, 0.15) is 43.2 Å². The summed E-state index contributed by atoms with van der Waals surface area (Å²) in [5, 5.41) is 0. The fourth-order valence-corrected chi connectivity index (χ4v) is 2.95. The third kappa shape index (κ3) is 2.16. The summed E-state index contributed by atoms with van der Waals surface area (Å²) in [4.78, 5) is 0. The molecular weight excluding hydrogens is 252 g/mol. The van der Waals surface area contributed by atoms with Crippen LogP contribution in [0, 0.1) is 0 Å². The molecule has 1 saturated carbocycles. The molecular formula is C14H17F2NO2. The zero-order valence-corrected chi connectivity index (χ0v) is 10.6. The number of benzene rings is 1. The summed E-state index contributed by atoms with van der Waals surface area (Å²) in [6.45, 7) is 0.820. The summed E-state index contributed by atoms with van der Waals surface area (Å²) in [6, 6.07) is 2.85. The largest absolute Gasteiger partial charge is 0.486 e. The van der Waals surface area contributed by atoms with Gasteiger partial charge in [0.15, 0.2) is 11.5 Å². The monoisotopic (exact) mass is 269 g/mol. The number of nitrogens with two attached hydrogens (primary N) is 1. The Balaban J connectivity index is 2.12. The van der Waals surface area contributed by atoms with Gasteiger partial charge in [-0.2, -0.15) is 0 Å². The Bertz CT molecular complexity index is 485. The molecule has 3 nitrogen and oxygen atoms in total.